The molecule has 1 aliphatic rings. The Hall–Kier alpha value is -0.900. The highest BCUT2D eigenvalue weighted by Crippen LogP contribution is 2.27. The van der Waals surface area contributed by atoms with Crippen LogP contribution >= 0.6 is 0 Å². The lowest BCUT2D eigenvalue weighted by atomic mass is 9.95. The van der Waals surface area contributed by atoms with Gasteiger partial charge in [0.15, 0.2) is 0 Å². The predicted octanol–water partition coefficient (Wildman–Crippen LogP) is 1.89. The minimum atomic E-state index is -0.665. The second-order valence-corrected chi connectivity index (χ2v) is 4.61. The smallest absolute Gasteiger partial charge is 0.252 e. The molecule has 4 nitrogen and oxygen atoms in total. The molecule has 0 aromatic heterocycles. The van der Waals surface area contributed by atoms with Crippen molar-refractivity contribution in [1.82, 2.24) is 5.32 Å². The van der Waals surface area contributed by atoms with Crippen molar-refractivity contribution in [3.05, 3.63) is 0 Å². The Morgan fingerprint density at radius 2 is 1.88 bits per heavy atom. The summed E-state index contributed by atoms with van der Waals surface area (Å²) in [4.78, 5) is 16.2. The maximum absolute atomic E-state index is 11.7. The van der Waals surface area contributed by atoms with Gasteiger partial charge >= 0.3 is 0 Å². The van der Waals surface area contributed by atoms with Crippen LogP contribution in [0.15, 0.2) is 4.99 Å². The standard InChI is InChI=1S/C12H22N2O2/c1-6-12(7-2,16-8-3)9-13-10(15)11(4,5)14-9/h6-8H2,1-5H3,(H,13,14,15). The van der Waals surface area contributed by atoms with Crippen LogP contribution in [0.2, 0.25) is 0 Å². The lowest BCUT2D eigenvalue weighted by Crippen LogP contribution is -2.48. The van der Waals surface area contributed by atoms with E-state index in [0.717, 1.165) is 12.8 Å². The fourth-order valence-corrected chi connectivity index (χ4v) is 1.97. The molecule has 0 unspecified atom stereocenters. The lowest BCUT2D eigenvalue weighted by Gasteiger charge is -2.31. The van der Waals surface area contributed by atoms with Gasteiger partial charge in [-0.15, -0.1) is 0 Å². The van der Waals surface area contributed by atoms with Crippen molar-refractivity contribution in [2.45, 2.75) is 58.6 Å². The highest BCUT2D eigenvalue weighted by Gasteiger charge is 2.43. The van der Waals surface area contributed by atoms with Crippen molar-refractivity contribution >= 4 is 11.7 Å². The van der Waals surface area contributed by atoms with Crippen LogP contribution in [0.3, 0.4) is 0 Å². The maximum atomic E-state index is 11.7. The zero-order chi connectivity index (χ0) is 12.4. The Morgan fingerprint density at radius 1 is 1.31 bits per heavy atom. The van der Waals surface area contributed by atoms with Gasteiger partial charge in [-0.1, -0.05) is 13.8 Å². The van der Waals surface area contributed by atoms with Gasteiger partial charge in [-0.3, -0.25) is 9.79 Å². The molecule has 4 heteroatoms. The van der Waals surface area contributed by atoms with Gasteiger partial charge in [-0.05, 0) is 33.6 Å². The molecule has 0 saturated carbocycles. The molecule has 92 valence electrons. The largest absolute Gasteiger partial charge is 0.367 e. The molecule has 0 saturated heterocycles. The molecule has 0 fully saturated rings. The quantitative estimate of drug-likeness (QED) is 0.778. The van der Waals surface area contributed by atoms with Crippen molar-refractivity contribution in [2.75, 3.05) is 6.61 Å². The summed E-state index contributed by atoms with van der Waals surface area (Å²) in [6.45, 7) is 10.3. The average Bonchev–Trinajstić information content (AvgIpc) is 2.51. The van der Waals surface area contributed by atoms with Gasteiger partial charge in [0.05, 0.1) is 0 Å². The Balaban J connectivity index is 3.02. The van der Waals surface area contributed by atoms with Crippen molar-refractivity contribution in [3.63, 3.8) is 0 Å². The normalized spacial score (nSPS) is 19.6. The third-order valence-electron chi connectivity index (χ3n) is 3.17. The van der Waals surface area contributed by atoms with E-state index in [1.807, 2.05) is 20.8 Å². The number of nitrogens with one attached hydrogen (secondary N) is 1. The number of aliphatic imine (C=N–C) groups is 1. The Bertz CT molecular complexity index is 304. The lowest BCUT2D eigenvalue weighted by molar-refractivity contribution is -0.122. The summed E-state index contributed by atoms with van der Waals surface area (Å²) in [5.74, 6) is 0.642. The molecule has 0 spiro atoms. The number of amides is 1. The van der Waals surface area contributed by atoms with E-state index in [4.69, 9.17) is 4.74 Å². The van der Waals surface area contributed by atoms with Crippen molar-refractivity contribution in [1.29, 1.82) is 0 Å². The summed E-state index contributed by atoms with van der Waals surface area (Å²) >= 11 is 0. The molecule has 0 radical (unpaired) electrons. The van der Waals surface area contributed by atoms with Crippen molar-refractivity contribution in [2.24, 2.45) is 4.99 Å². The molecule has 0 aromatic rings. The zero-order valence-electron chi connectivity index (χ0n) is 10.9. The van der Waals surface area contributed by atoms with Crippen LogP contribution in [0, 0.1) is 0 Å². The molecule has 1 heterocycles. The summed E-state index contributed by atoms with van der Waals surface area (Å²) < 4.78 is 5.81. The van der Waals surface area contributed by atoms with Crippen molar-refractivity contribution < 1.29 is 9.53 Å². The Kier molecular flexibility index (Phi) is 3.73. The third-order valence-corrected chi connectivity index (χ3v) is 3.17. The average molecular weight is 226 g/mol. The van der Waals surface area contributed by atoms with E-state index >= 15 is 0 Å². The van der Waals surface area contributed by atoms with Crippen LogP contribution in [0.1, 0.15) is 47.5 Å². The number of hydrogen-bond donors (Lipinski definition) is 1. The molecule has 1 amide bonds. The van der Waals surface area contributed by atoms with E-state index in [0.29, 0.717) is 12.4 Å². The summed E-state index contributed by atoms with van der Waals surface area (Å²) in [5.41, 5.74) is -1.10. The molecular formula is C12H22N2O2. The molecule has 0 aromatic carbocycles. The minimum Gasteiger partial charge on any atom is -0.367 e. The monoisotopic (exact) mass is 226 g/mol. The molecule has 1 N–H and O–H groups in total. The summed E-state index contributed by atoms with van der Waals surface area (Å²) in [5, 5.41) is 2.86. The Morgan fingerprint density at radius 3 is 2.19 bits per heavy atom. The first-order valence-electron chi connectivity index (χ1n) is 5.97. The van der Waals surface area contributed by atoms with Crippen LogP contribution in [-0.4, -0.2) is 29.5 Å². The van der Waals surface area contributed by atoms with Gasteiger partial charge in [0.2, 0.25) is 0 Å². The highest BCUT2D eigenvalue weighted by atomic mass is 16.5. The van der Waals surface area contributed by atoms with Gasteiger partial charge in [0.1, 0.15) is 17.0 Å². The molecule has 1 rings (SSSR count). The molecule has 1 aliphatic heterocycles. The second kappa shape index (κ2) is 4.53. The van der Waals surface area contributed by atoms with E-state index in [2.05, 4.69) is 24.2 Å². The second-order valence-electron chi connectivity index (χ2n) is 4.61. The minimum absolute atomic E-state index is 0.0477. The van der Waals surface area contributed by atoms with Gasteiger partial charge in [0.25, 0.3) is 5.91 Å². The van der Waals surface area contributed by atoms with Gasteiger partial charge < -0.3 is 10.1 Å². The molecule has 16 heavy (non-hydrogen) atoms. The number of hydrogen-bond acceptors (Lipinski definition) is 3. The zero-order valence-corrected chi connectivity index (χ0v) is 10.9. The van der Waals surface area contributed by atoms with E-state index in [9.17, 15) is 4.79 Å². The van der Waals surface area contributed by atoms with E-state index in [1.54, 1.807) is 0 Å². The fourth-order valence-electron chi connectivity index (χ4n) is 1.97. The first-order chi connectivity index (χ1) is 7.41. The number of amidine groups is 1. The fraction of sp³-hybridized carbons (Fsp3) is 0.833. The molecular weight excluding hydrogens is 204 g/mol. The van der Waals surface area contributed by atoms with Gasteiger partial charge in [-0.25, -0.2) is 0 Å². The predicted molar refractivity (Wildman–Crippen MR) is 64.6 cm³/mol. The van der Waals surface area contributed by atoms with Gasteiger partial charge in [-0.2, -0.15) is 0 Å². The number of rotatable bonds is 5. The number of ether oxygens (including phenoxy) is 1. The van der Waals surface area contributed by atoms with Crippen molar-refractivity contribution in [3.8, 4) is 0 Å². The topological polar surface area (TPSA) is 50.7 Å². The van der Waals surface area contributed by atoms with Crippen LogP contribution in [-0.2, 0) is 9.53 Å². The summed E-state index contributed by atoms with van der Waals surface area (Å²) in [7, 11) is 0. The third kappa shape index (κ3) is 2.12. The number of carbonyl (C=O) groups is 1. The van der Waals surface area contributed by atoms with E-state index in [-0.39, 0.29) is 5.91 Å². The van der Waals surface area contributed by atoms with Crippen LogP contribution in [0.5, 0.6) is 0 Å². The van der Waals surface area contributed by atoms with Crippen LogP contribution in [0.4, 0.5) is 0 Å². The Labute approximate surface area is 97.5 Å². The number of nitrogens with zero attached hydrogens (tertiary/aromatic N) is 1. The first-order valence-corrected chi connectivity index (χ1v) is 5.97. The molecule has 0 aliphatic carbocycles. The van der Waals surface area contributed by atoms with Gasteiger partial charge in [0, 0.05) is 6.61 Å². The SMILES string of the molecule is CCOC(CC)(CC)C1=NC(C)(C)C(=O)N1. The van der Waals surface area contributed by atoms with Crippen LogP contribution < -0.4 is 5.32 Å². The van der Waals surface area contributed by atoms with Crippen LogP contribution in [0.25, 0.3) is 0 Å². The maximum Gasteiger partial charge on any atom is 0.252 e. The highest BCUT2D eigenvalue weighted by molar-refractivity contribution is 6.11. The number of carbonyl (C=O) groups excluding carboxylic acids is 1. The van der Waals surface area contributed by atoms with E-state index in [1.165, 1.54) is 0 Å². The molecule has 0 bridgehead atoms. The molecule has 0 atom stereocenters. The summed E-state index contributed by atoms with van der Waals surface area (Å²) in [6.07, 6.45) is 1.62. The summed E-state index contributed by atoms with van der Waals surface area (Å²) in [6, 6.07) is 0. The first kappa shape index (κ1) is 13.2. The van der Waals surface area contributed by atoms with E-state index < -0.39 is 11.1 Å².